The molecule has 0 bridgehead atoms. The van der Waals surface area contributed by atoms with Gasteiger partial charge in [0.15, 0.2) is 0 Å². The summed E-state index contributed by atoms with van der Waals surface area (Å²) in [5.41, 5.74) is 4.95. The molecule has 1 aliphatic carbocycles. The second-order valence-corrected chi connectivity index (χ2v) is 5.94. The minimum Gasteiger partial charge on any atom is -0.493 e. The van der Waals surface area contributed by atoms with Crippen molar-refractivity contribution < 1.29 is 9.84 Å². The monoisotopic (exact) mass is 266 g/mol. The first-order valence-electron chi connectivity index (χ1n) is 7.25. The Kier molecular flexibility index (Phi) is 2.45. The minimum absolute atomic E-state index is 0.757. The highest BCUT2D eigenvalue weighted by Crippen LogP contribution is 2.43. The quantitative estimate of drug-likeness (QED) is 0.859. The van der Waals surface area contributed by atoms with Crippen molar-refractivity contribution in [2.24, 2.45) is 0 Å². The smallest absolute Gasteiger partial charge is 0.122 e. The molecule has 1 aliphatic heterocycles. The van der Waals surface area contributed by atoms with Crippen molar-refractivity contribution in [1.29, 1.82) is 0 Å². The van der Waals surface area contributed by atoms with Crippen LogP contribution in [0.25, 0.3) is 0 Å². The highest BCUT2D eigenvalue weighted by molar-refractivity contribution is 5.50. The minimum atomic E-state index is -0.834. The fourth-order valence-corrected chi connectivity index (χ4v) is 3.49. The van der Waals surface area contributed by atoms with E-state index in [4.69, 9.17) is 4.74 Å². The molecule has 0 radical (unpaired) electrons. The Labute approximate surface area is 119 Å². The first-order chi connectivity index (χ1) is 9.67. The Balaban J connectivity index is 1.85. The largest absolute Gasteiger partial charge is 0.493 e. The summed E-state index contributed by atoms with van der Waals surface area (Å²) in [6.07, 6.45) is 2.66. The topological polar surface area (TPSA) is 29.5 Å². The van der Waals surface area contributed by atoms with Crippen molar-refractivity contribution in [3.05, 3.63) is 64.2 Å². The SMILES string of the molecule is Cc1ccc2c(c1)C(O)(c1ccc3c(c1)CCO3)CC2. The standard InChI is InChI=1S/C18H18O2/c1-12-2-3-13-6-8-18(19,16(13)10-12)15-4-5-17-14(11-15)7-9-20-17/h2-5,10-11,19H,6-9H2,1H3. The van der Waals surface area contributed by atoms with Gasteiger partial charge in [0, 0.05) is 6.42 Å². The number of aliphatic hydroxyl groups is 1. The normalized spacial score (nSPS) is 23.3. The lowest BCUT2D eigenvalue weighted by Crippen LogP contribution is -2.24. The van der Waals surface area contributed by atoms with Crippen LogP contribution in [0, 0.1) is 6.92 Å². The van der Waals surface area contributed by atoms with Crippen LogP contribution in [0.1, 0.15) is 34.2 Å². The van der Waals surface area contributed by atoms with Gasteiger partial charge in [-0.1, -0.05) is 29.8 Å². The van der Waals surface area contributed by atoms with Gasteiger partial charge < -0.3 is 9.84 Å². The molecule has 1 heterocycles. The predicted molar refractivity (Wildman–Crippen MR) is 78.1 cm³/mol. The summed E-state index contributed by atoms with van der Waals surface area (Å²) in [5.74, 6) is 0.972. The Morgan fingerprint density at radius 1 is 1.05 bits per heavy atom. The average molecular weight is 266 g/mol. The Bertz CT molecular complexity index is 690. The van der Waals surface area contributed by atoms with E-state index in [0.29, 0.717) is 0 Å². The molecule has 0 amide bonds. The Morgan fingerprint density at radius 3 is 2.85 bits per heavy atom. The van der Waals surface area contributed by atoms with E-state index in [1.807, 2.05) is 12.1 Å². The van der Waals surface area contributed by atoms with Gasteiger partial charge in [-0.05, 0) is 54.2 Å². The lowest BCUT2D eigenvalue weighted by Gasteiger charge is -2.25. The van der Waals surface area contributed by atoms with E-state index in [1.165, 1.54) is 16.7 Å². The van der Waals surface area contributed by atoms with E-state index >= 15 is 0 Å². The van der Waals surface area contributed by atoms with Crippen LogP contribution in [-0.2, 0) is 18.4 Å². The van der Waals surface area contributed by atoms with Gasteiger partial charge in [0.05, 0.1) is 6.61 Å². The number of ether oxygens (including phenoxy) is 1. The van der Waals surface area contributed by atoms with Crippen molar-refractivity contribution in [2.75, 3.05) is 6.61 Å². The number of hydrogen-bond acceptors (Lipinski definition) is 2. The molecule has 0 saturated carbocycles. The zero-order valence-corrected chi connectivity index (χ0v) is 11.6. The first-order valence-corrected chi connectivity index (χ1v) is 7.25. The average Bonchev–Trinajstić information content (AvgIpc) is 3.04. The van der Waals surface area contributed by atoms with Gasteiger partial charge in [-0.2, -0.15) is 0 Å². The van der Waals surface area contributed by atoms with Gasteiger partial charge >= 0.3 is 0 Å². The molecule has 0 saturated heterocycles. The number of benzene rings is 2. The van der Waals surface area contributed by atoms with Crippen molar-refractivity contribution in [2.45, 2.75) is 31.8 Å². The molecule has 1 unspecified atom stereocenters. The molecule has 2 nitrogen and oxygen atoms in total. The van der Waals surface area contributed by atoms with E-state index < -0.39 is 5.60 Å². The maximum absolute atomic E-state index is 11.2. The third kappa shape index (κ3) is 1.61. The summed E-state index contributed by atoms with van der Waals surface area (Å²) in [6, 6.07) is 12.6. The van der Waals surface area contributed by atoms with Gasteiger partial charge in [-0.15, -0.1) is 0 Å². The van der Waals surface area contributed by atoms with Gasteiger partial charge in [-0.25, -0.2) is 0 Å². The molecule has 0 aromatic heterocycles. The highest BCUT2D eigenvalue weighted by Gasteiger charge is 2.38. The third-order valence-corrected chi connectivity index (χ3v) is 4.63. The van der Waals surface area contributed by atoms with Crippen molar-refractivity contribution in [1.82, 2.24) is 0 Å². The fraction of sp³-hybridized carbons (Fsp3) is 0.333. The summed E-state index contributed by atoms with van der Waals surface area (Å²) in [5, 5.41) is 11.2. The zero-order valence-electron chi connectivity index (χ0n) is 11.6. The molecular formula is C18H18O2. The summed E-state index contributed by atoms with van der Waals surface area (Å²) >= 11 is 0. The van der Waals surface area contributed by atoms with E-state index in [9.17, 15) is 5.11 Å². The van der Waals surface area contributed by atoms with E-state index in [-0.39, 0.29) is 0 Å². The summed E-state index contributed by atoms with van der Waals surface area (Å²) in [6.45, 7) is 2.84. The van der Waals surface area contributed by atoms with Crippen LogP contribution in [-0.4, -0.2) is 11.7 Å². The zero-order chi connectivity index (χ0) is 13.7. The first kappa shape index (κ1) is 12.0. The van der Waals surface area contributed by atoms with E-state index in [0.717, 1.165) is 42.7 Å². The molecule has 102 valence electrons. The number of hydrogen-bond donors (Lipinski definition) is 1. The Hall–Kier alpha value is -1.80. The second kappa shape index (κ2) is 4.10. The van der Waals surface area contributed by atoms with Gasteiger partial charge in [0.25, 0.3) is 0 Å². The summed E-state index contributed by atoms with van der Waals surface area (Å²) in [4.78, 5) is 0. The van der Waals surface area contributed by atoms with Crippen LogP contribution in [0.4, 0.5) is 0 Å². The van der Waals surface area contributed by atoms with Crippen molar-refractivity contribution >= 4 is 0 Å². The fourth-order valence-electron chi connectivity index (χ4n) is 3.49. The van der Waals surface area contributed by atoms with Gasteiger partial charge in [0.2, 0.25) is 0 Å². The van der Waals surface area contributed by atoms with E-state index in [1.54, 1.807) is 0 Å². The maximum Gasteiger partial charge on any atom is 0.122 e. The highest BCUT2D eigenvalue weighted by atomic mass is 16.5. The molecular weight excluding hydrogens is 248 g/mol. The van der Waals surface area contributed by atoms with Crippen LogP contribution < -0.4 is 4.74 Å². The molecule has 1 N–H and O–H groups in total. The molecule has 1 atom stereocenters. The molecule has 2 aromatic rings. The third-order valence-electron chi connectivity index (χ3n) is 4.63. The molecule has 4 rings (SSSR count). The molecule has 2 aromatic carbocycles. The Morgan fingerprint density at radius 2 is 1.95 bits per heavy atom. The molecule has 0 fully saturated rings. The van der Waals surface area contributed by atoms with Crippen LogP contribution >= 0.6 is 0 Å². The number of aryl methyl sites for hydroxylation is 2. The maximum atomic E-state index is 11.2. The van der Waals surface area contributed by atoms with Crippen molar-refractivity contribution in [3.8, 4) is 5.75 Å². The van der Waals surface area contributed by atoms with Crippen molar-refractivity contribution in [3.63, 3.8) is 0 Å². The number of rotatable bonds is 1. The van der Waals surface area contributed by atoms with Crippen LogP contribution in [0.3, 0.4) is 0 Å². The lowest BCUT2D eigenvalue weighted by molar-refractivity contribution is 0.0828. The lowest BCUT2D eigenvalue weighted by atomic mass is 9.86. The van der Waals surface area contributed by atoms with E-state index in [2.05, 4.69) is 31.2 Å². The van der Waals surface area contributed by atoms with Crippen LogP contribution in [0.5, 0.6) is 5.75 Å². The summed E-state index contributed by atoms with van der Waals surface area (Å²) in [7, 11) is 0. The predicted octanol–water partition coefficient (Wildman–Crippen LogP) is 3.11. The molecule has 20 heavy (non-hydrogen) atoms. The molecule has 0 spiro atoms. The second-order valence-electron chi connectivity index (χ2n) is 5.94. The summed E-state index contributed by atoms with van der Waals surface area (Å²) < 4.78 is 5.56. The molecule has 2 heteroatoms. The van der Waals surface area contributed by atoms with Gasteiger partial charge in [0.1, 0.15) is 11.4 Å². The van der Waals surface area contributed by atoms with Crippen LogP contribution in [0.15, 0.2) is 36.4 Å². The van der Waals surface area contributed by atoms with Crippen LogP contribution in [0.2, 0.25) is 0 Å². The molecule has 2 aliphatic rings. The van der Waals surface area contributed by atoms with Gasteiger partial charge in [-0.3, -0.25) is 0 Å². The number of fused-ring (bicyclic) bond motifs is 2.